The van der Waals surface area contributed by atoms with E-state index in [1.807, 2.05) is 13.8 Å². The van der Waals surface area contributed by atoms with Gasteiger partial charge in [0.15, 0.2) is 12.0 Å². The summed E-state index contributed by atoms with van der Waals surface area (Å²) in [7, 11) is 0. The fourth-order valence-electron chi connectivity index (χ4n) is 2.31. The number of hydrogen-bond acceptors (Lipinski definition) is 6. The van der Waals surface area contributed by atoms with Crippen LogP contribution in [0.4, 0.5) is 0 Å². The van der Waals surface area contributed by atoms with E-state index in [9.17, 15) is 19.5 Å². The highest BCUT2D eigenvalue weighted by Crippen LogP contribution is 2.06. The van der Waals surface area contributed by atoms with Crippen molar-refractivity contribution in [3.05, 3.63) is 0 Å². The lowest BCUT2D eigenvalue weighted by molar-refractivity contribution is -0.145. The quantitative estimate of drug-likeness (QED) is 0.111. The average Bonchev–Trinajstić information content (AvgIpc) is 2.53. The molecule has 0 saturated heterocycles. The molecule has 0 fully saturated rings. The molecule has 156 valence electrons. The van der Waals surface area contributed by atoms with Crippen molar-refractivity contribution in [2.75, 3.05) is 6.54 Å². The van der Waals surface area contributed by atoms with E-state index in [4.69, 9.17) is 22.3 Å². The molecule has 0 aliphatic heterocycles. The number of carbonyl (C=O) groups is 3. The molecule has 0 saturated carbocycles. The highest BCUT2D eigenvalue weighted by Gasteiger charge is 2.30. The molecule has 4 atom stereocenters. The Bertz CT molecular complexity index is 533. The average molecular weight is 388 g/mol. The van der Waals surface area contributed by atoms with Crippen LogP contribution in [-0.4, -0.2) is 64.7 Å². The number of rotatable bonds is 12. The summed E-state index contributed by atoms with van der Waals surface area (Å²) >= 11 is 0. The maximum absolute atomic E-state index is 12.4. The summed E-state index contributed by atoms with van der Waals surface area (Å²) in [6, 6.07) is -3.34. The summed E-state index contributed by atoms with van der Waals surface area (Å²) in [4.78, 5) is 39.6. The van der Waals surface area contributed by atoms with Gasteiger partial charge in [0.05, 0.1) is 12.1 Å². The molecular weight excluding hydrogens is 356 g/mol. The molecule has 0 aromatic rings. The minimum Gasteiger partial charge on any atom is -0.480 e. The molecule has 0 aromatic carbocycles. The Morgan fingerprint density at radius 1 is 1.07 bits per heavy atom. The second kappa shape index (κ2) is 12.1. The van der Waals surface area contributed by atoms with Crippen LogP contribution in [0.3, 0.4) is 0 Å². The second-order valence-corrected chi connectivity index (χ2v) is 6.81. The number of hydrogen-bond donors (Lipinski definition) is 7. The van der Waals surface area contributed by atoms with Gasteiger partial charge in [-0.25, -0.2) is 4.79 Å². The standard InChI is InChI=1S/C16H32N6O5/c1-8(2)7-10(17)13(24)21-11(5-4-6-20-16(18)19)14(25)22-12(9(3)23)15(26)27/h8-12,23H,4-7,17H2,1-3H3,(H,21,24)(H,22,25)(H,26,27)(H4,18,19,20). The van der Waals surface area contributed by atoms with E-state index in [-0.39, 0.29) is 24.8 Å². The minimum absolute atomic E-state index is 0.0981. The Labute approximate surface area is 158 Å². The van der Waals surface area contributed by atoms with Gasteiger partial charge >= 0.3 is 5.97 Å². The van der Waals surface area contributed by atoms with Crippen molar-refractivity contribution in [3.63, 3.8) is 0 Å². The summed E-state index contributed by atoms with van der Waals surface area (Å²) in [5, 5.41) is 23.4. The number of amides is 2. The zero-order chi connectivity index (χ0) is 21.1. The maximum atomic E-state index is 12.4. The van der Waals surface area contributed by atoms with E-state index in [1.54, 1.807) is 0 Å². The summed E-state index contributed by atoms with van der Waals surface area (Å²) in [6.45, 7) is 5.29. The van der Waals surface area contributed by atoms with Crippen molar-refractivity contribution >= 4 is 23.7 Å². The molecule has 10 N–H and O–H groups in total. The third-order valence-electron chi connectivity index (χ3n) is 3.69. The van der Waals surface area contributed by atoms with Gasteiger partial charge in [0.1, 0.15) is 6.04 Å². The van der Waals surface area contributed by atoms with Gasteiger partial charge in [0, 0.05) is 6.54 Å². The lowest BCUT2D eigenvalue weighted by Gasteiger charge is -2.24. The molecule has 4 unspecified atom stereocenters. The van der Waals surface area contributed by atoms with Crippen LogP contribution in [0.25, 0.3) is 0 Å². The van der Waals surface area contributed by atoms with E-state index < -0.39 is 42.0 Å². The fraction of sp³-hybridized carbons (Fsp3) is 0.750. The molecule has 0 aliphatic carbocycles. The van der Waals surface area contributed by atoms with Crippen LogP contribution < -0.4 is 27.8 Å². The minimum atomic E-state index is -1.50. The number of carboxylic acids is 1. The van der Waals surface area contributed by atoms with Crippen LogP contribution in [-0.2, 0) is 14.4 Å². The van der Waals surface area contributed by atoms with Crippen LogP contribution >= 0.6 is 0 Å². The smallest absolute Gasteiger partial charge is 0.328 e. The molecule has 0 spiro atoms. The molecule has 0 aromatic heterocycles. The SMILES string of the molecule is CC(C)CC(N)C(=O)NC(CCCN=C(N)N)C(=O)NC(C(=O)O)C(C)O. The van der Waals surface area contributed by atoms with Gasteiger partial charge in [-0.05, 0) is 32.1 Å². The van der Waals surface area contributed by atoms with E-state index in [0.29, 0.717) is 12.8 Å². The summed E-state index contributed by atoms with van der Waals surface area (Å²) < 4.78 is 0. The Morgan fingerprint density at radius 3 is 2.11 bits per heavy atom. The first-order chi connectivity index (χ1) is 12.5. The summed E-state index contributed by atoms with van der Waals surface area (Å²) in [5.41, 5.74) is 16.3. The first-order valence-electron chi connectivity index (χ1n) is 8.78. The molecule has 0 aliphatic rings. The van der Waals surface area contributed by atoms with Crippen molar-refractivity contribution < 1.29 is 24.6 Å². The number of guanidine groups is 1. The highest BCUT2D eigenvalue weighted by atomic mass is 16.4. The zero-order valence-corrected chi connectivity index (χ0v) is 16.0. The van der Waals surface area contributed by atoms with E-state index in [2.05, 4.69) is 15.6 Å². The van der Waals surface area contributed by atoms with Crippen LogP contribution in [0.5, 0.6) is 0 Å². The van der Waals surface area contributed by atoms with Crippen LogP contribution in [0, 0.1) is 5.92 Å². The van der Waals surface area contributed by atoms with Crippen molar-refractivity contribution in [3.8, 4) is 0 Å². The largest absolute Gasteiger partial charge is 0.480 e. The number of nitrogens with one attached hydrogen (secondary N) is 2. The third-order valence-corrected chi connectivity index (χ3v) is 3.69. The van der Waals surface area contributed by atoms with E-state index in [0.717, 1.165) is 0 Å². The molecule has 27 heavy (non-hydrogen) atoms. The number of aliphatic imine (C=N–C) groups is 1. The van der Waals surface area contributed by atoms with E-state index in [1.165, 1.54) is 6.92 Å². The maximum Gasteiger partial charge on any atom is 0.328 e. The zero-order valence-electron chi connectivity index (χ0n) is 16.0. The lowest BCUT2D eigenvalue weighted by atomic mass is 10.0. The number of aliphatic carboxylic acids is 1. The lowest BCUT2D eigenvalue weighted by Crippen LogP contribution is -2.56. The van der Waals surface area contributed by atoms with Crippen LogP contribution in [0.1, 0.15) is 40.0 Å². The second-order valence-electron chi connectivity index (χ2n) is 6.81. The number of aliphatic hydroxyl groups is 1. The van der Waals surface area contributed by atoms with Crippen LogP contribution in [0.2, 0.25) is 0 Å². The first kappa shape index (κ1) is 24.6. The van der Waals surface area contributed by atoms with Gasteiger partial charge in [0.2, 0.25) is 11.8 Å². The molecule has 0 rings (SSSR count). The Balaban J connectivity index is 5.09. The van der Waals surface area contributed by atoms with Crippen molar-refractivity contribution in [1.82, 2.24) is 10.6 Å². The summed E-state index contributed by atoms with van der Waals surface area (Å²) in [5.74, 6) is -2.56. The Kier molecular flexibility index (Phi) is 11.0. The van der Waals surface area contributed by atoms with Gasteiger partial charge in [0.25, 0.3) is 0 Å². The molecule has 0 radical (unpaired) electrons. The number of nitrogens with zero attached hydrogens (tertiary/aromatic N) is 1. The molecule has 0 bridgehead atoms. The topological polar surface area (TPSA) is 206 Å². The fourth-order valence-corrected chi connectivity index (χ4v) is 2.31. The summed E-state index contributed by atoms with van der Waals surface area (Å²) in [6.07, 6.45) is -0.357. The van der Waals surface area contributed by atoms with Crippen molar-refractivity contribution in [2.24, 2.45) is 28.1 Å². The normalized spacial score (nSPS) is 15.3. The van der Waals surface area contributed by atoms with Crippen molar-refractivity contribution in [2.45, 2.75) is 64.3 Å². The van der Waals surface area contributed by atoms with Gasteiger partial charge in [-0.2, -0.15) is 0 Å². The number of carbonyl (C=O) groups excluding carboxylic acids is 2. The van der Waals surface area contributed by atoms with E-state index >= 15 is 0 Å². The van der Waals surface area contributed by atoms with Gasteiger partial charge < -0.3 is 38.0 Å². The molecule has 2 amide bonds. The number of carboxylic acid groups (broad SMARTS) is 1. The monoisotopic (exact) mass is 388 g/mol. The van der Waals surface area contributed by atoms with Gasteiger partial charge in [-0.1, -0.05) is 13.8 Å². The Morgan fingerprint density at radius 2 is 1.67 bits per heavy atom. The number of aliphatic hydroxyl groups excluding tert-OH is 1. The molecular formula is C16H32N6O5. The molecule has 0 heterocycles. The third kappa shape index (κ3) is 10.4. The predicted molar refractivity (Wildman–Crippen MR) is 101 cm³/mol. The Hall–Kier alpha value is -2.40. The first-order valence-corrected chi connectivity index (χ1v) is 8.78. The predicted octanol–water partition coefficient (Wildman–Crippen LogP) is -2.15. The van der Waals surface area contributed by atoms with Crippen molar-refractivity contribution in [1.29, 1.82) is 0 Å². The van der Waals surface area contributed by atoms with Gasteiger partial charge in [-0.3, -0.25) is 14.6 Å². The van der Waals surface area contributed by atoms with Crippen LogP contribution in [0.15, 0.2) is 4.99 Å². The number of nitrogens with two attached hydrogens (primary N) is 3. The molecule has 11 nitrogen and oxygen atoms in total. The highest BCUT2D eigenvalue weighted by molar-refractivity contribution is 5.91. The molecule has 11 heteroatoms. The van der Waals surface area contributed by atoms with Gasteiger partial charge in [-0.15, -0.1) is 0 Å².